The van der Waals surface area contributed by atoms with E-state index in [1.165, 1.54) is 0 Å². The fourth-order valence-electron chi connectivity index (χ4n) is 2.91. The molecule has 1 aliphatic heterocycles. The lowest BCUT2D eigenvalue weighted by Crippen LogP contribution is -2.37. The van der Waals surface area contributed by atoms with Gasteiger partial charge in [0.15, 0.2) is 11.6 Å². The number of morpholine rings is 1. The molecule has 1 saturated heterocycles. The molecule has 1 fully saturated rings. The molecule has 0 unspecified atom stereocenters. The fraction of sp³-hybridized carbons (Fsp3) is 0.286. The van der Waals surface area contributed by atoms with Crippen LogP contribution in [0.2, 0.25) is 0 Å². The number of allylic oxidation sites excluding steroid dienone is 6. The Morgan fingerprint density at radius 2 is 2.04 bits per heavy atom. The molecule has 1 aliphatic rings. The van der Waals surface area contributed by atoms with Crippen molar-refractivity contribution in [1.29, 1.82) is 0 Å². The quantitative estimate of drug-likeness (QED) is 0.763. The maximum absolute atomic E-state index is 5.48. The van der Waals surface area contributed by atoms with E-state index in [9.17, 15) is 0 Å². The summed E-state index contributed by atoms with van der Waals surface area (Å²) < 4.78 is 5.48. The molecule has 0 aliphatic carbocycles. The molecule has 0 aromatic carbocycles. The van der Waals surface area contributed by atoms with Crippen LogP contribution < -0.4 is 4.90 Å². The monoisotopic (exact) mass is 348 g/mol. The number of pyridine rings is 1. The van der Waals surface area contributed by atoms with E-state index < -0.39 is 0 Å². The van der Waals surface area contributed by atoms with Crippen molar-refractivity contribution in [3.05, 3.63) is 61.1 Å². The number of hydrogen-bond acceptors (Lipinski definition) is 5. The molecular weight excluding hydrogens is 324 g/mol. The molecule has 0 N–H and O–H groups in total. The third-order valence-corrected chi connectivity index (χ3v) is 4.31. The lowest BCUT2D eigenvalue weighted by molar-refractivity contribution is 0.122. The molecule has 3 heterocycles. The van der Waals surface area contributed by atoms with E-state index in [0.717, 1.165) is 46.7 Å². The van der Waals surface area contributed by atoms with E-state index in [2.05, 4.69) is 29.1 Å². The Morgan fingerprint density at radius 3 is 2.73 bits per heavy atom. The summed E-state index contributed by atoms with van der Waals surface area (Å²) in [6.45, 7) is 14.8. The molecule has 0 saturated carbocycles. The van der Waals surface area contributed by atoms with Gasteiger partial charge >= 0.3 is 0 Å². The van der Waals surface area contributed by atoms with Crippen LogP contribution in [0.25, 0.3) is 22.2 Å². The van der Waals surface area contributed by atoms with Crippen LogP contribution in [0.15, 0.2) is 49.7 Å². The molecule has 26 heavy (non-hydrogen) atoms. The minimum atomic E-state index is 0.626. The van der Waals surface area contributed by atoms with Gasteiger partial charge in [0, 0.05) is 24.9 Å². The Balaban J connectivity index is 2.17. The van der Waals surface area contributed by atoms with Crippen LogP contribution in [0.5, 0.6) is 0 Å². The van der Waals surface area contributed by atoms with Crippen molar-refractivity contribution < 1.29 is 4.74 Å². The van der Waals surface area contributed by atoms with Crippen molar-refractivity contribution in [3.8, 4) is 0 Å². The van der Waals surface area contributed by atoms with Gasteiger partial charge in [0.1, 0.15) is 5.52 Å². The lowest BCUT2D eigenvalue weighted by atomic mass is 10.1. The van der Waals surface area contributed by atoms with Crippen molar-refractivity contribution in [2.24, 2.45) is 0 Å². The van der Waals surface area contributed by atoms with Gasteiger partial charge in [0.05, 0.1) is 18.7 Å². The average molecular weight is 348 g/mol. The number of fused-ring (bicyclic) bond motifs is 1. The number of anilines is 1. The van der Waals surface area contributed by atoms with Crippen molar-refractivity contribution in [2.75, 3.05) is 31.2 Å². The second-order valence-corrected chi connectivity index (χ2v) is 6.17. The zero-order chi connectivity index (χ0) is 18.5. The van der Waals surface area contributed by atoms with E-state index in [1.807, 2.05) is 38.3 Å². The highest BCUT2D eigenvalue weighted by Gasteiger charge is 2.19. The van der Waals surface area contributed by atoms with E-state index in [-0.39, 0.29) is 0 Å². The molecule has 5 heteroatoms. The molecule has 0 radical (unpaired) electrons. The number of nitrogens with zero attached hydrogens (tertiary/aromatic N) is 4. The SMILES string of the molecule is C=CC=C(C)c1cnc2c(N3CCOCC3)nc(C(=C)C=CC)nc2c1. The first-order valence-electron chi connectivity index (χ1n) is 8.76. The molecule has 2 aromatic heterocycles. The number of ether oxygens (including phenoxy) is 1. The van der Waals surface area contributed by atoms with E-state index >= 15 is 0 Å². The molecule has 0 atom stereocenters. The zero-order valence-electron chi connectivity index (χ0n) is 15.4. The van der Waals surface area contributed by atoms with Gasteiger partial charge in [0.2, 0.25) is 0 Å². The van der Waals surface area contributed by atoms with Crippen molar-refractivity contribution in [3.63, 3.8) is 0 Å². The molecule has 0 spiro atoms. The number of hydrogen-bond donors (Lipinski definition) is 0. The first kappa shape index (κ1) is 18.0. The first-order valence-corrected chi connectivity index (χ1v) is 8.76. The van der Waals surface area contributed by atoms with Crippen LogP contribution in [-0.4, -0.2) is 41.3 Å². The Labute approximate surface area is 154 Å². The summed E-state index contributed by atoms with van der Waals surface area (Å²) >= 11 is 0. The number of aromatic nitrogens is 3. The molecule has 0 amide bonds. The summed E-state index contributed by atoms with van der Waals surface area (Å²) in [4.78, 5) is 16.4. The van der Waals surface area contributed by atoms with E-state index in [1.54, 1.807) is 6.08 Å². The van der Waals surface area contributed by atoms with Crippen LogP contribution in [-0.2, 0) is 4.74 Å². The Kier molecular flexibility index (Phi) is 5.58. The van der Waals surface area contributed by atoms with Crippen molar-refractivity contribution in [2.45, 2.75) is 13.8 Å². The normalized spacial score (nSPS) is 15.6. The van der Waals surface area contributed by atoms with Crippen LogP contribution in [0, 0.1) is 0 Å². The minimum absolute atomic E-state index is 0.626. The standard InChI is InChI=1S/C21H24N4O/c1-5-7-15(3)17-13-18-19(22-14-17)21(25-9-11-26-12-10-25)24-20(23-18)16(4)8-6-2/h5-8,13-14H,1,4,9-12H2,2-3H3. The highest BCUT2D eigenvalue weighted by molar-refractivity contribution is 5.89. The van der Waals surface area contributed by atoms with Gasteiger partial charge < -0.3 is 9.64 Å². The minimum Gasteiger partial charge on any atom is -0.378 e. The van der Waals surface area contributed by atoms with Crippen LogP contribution in [0.4, 0.5) is 5.82 Å². The lowest BCUT2D eigenvalue weighted by Gasteiger charge is -2.28. The Hall–Kier alpha value is -2.79. The van der Waals surface area contributed by atoms with Gasteiger partial charge in [0.25, 0.3) is 0 Å². The zero-order valence-corrected chi connectivity index (χ0v) is 15.4. The summed E-state index contributed by atoms with van der Waals surface area (Å²) in [6.07, 6.45) is 9.47. The molecule has 5 nitrogen and oxygen atoms in total. The highest BCUT2D eigenvalue weighted by atomic mass is 16.5. The topological polar surface area (TPSA) is 51.1 Å². The summed E-state index contributed by atoms with van der Waals surface area (Å²) in [5.41, 5.74) is 4.52. The van der Waals surface area contributed by atoms with Gasteiger partial charge in [-0.15, -0.1) is 0 Å². The second kappa shape index (κ2) is 8.06. The summed E-state index contributed by atoms with van der Waals surface area (Å²) in [7, 11) is 0. The Morgan fingerprint density at radius 1 is 1.27 bits per heavy atom. The van der Waals surface area contributed by atoms with Gasteiger partial charge in [-0.05, 0) is 31.1 Å². The third kappa shape index (κ3) is 3.73. The van der Waals surface area contributed by atoms with Crippen molar-refractivity contribution >= 4 is 28.0 Å². The van der Waals surface area contributed by atoms with Gasteiger partial charge in [-0.25, -0.2) is 9.97 Å². The van der Waals surface area contributed by atoms with Crippen LogP contribution in [0.1, 0.15) is 25.2 Å². The molecule has 3 rings (SSSR count). The smallest absolute Gasteiger partial charge is 0.161 e. The molecule has 2 aromatic rings. The van der Waals surface area contributed by atoms with Gasteiger partial charge in [-0.3, -0.25) is 4.98 Å². The van der Waals surface area contributed by atoms with Gasteiger partial charge in [-0.1, -0.05) is 37.5 Å². The maximum Gasteiger partial charge on any atom is 0.161 e. The largest absolute Gasteiger partial charge is 0.378 e. The van der Waals surface area contributed by atoms with Crippen LogP contribution in [0.3, 0.4) is 0 Å². The first-order chi connectivity index (χ1) is 12.6. The molecular formula is C21H24N4O. The number of rotatable bonds is 5. The van der Waals surface area contributed by atoms with Crippen molar-refractivity contribution in [1.82, 2.24) is 15.0 Å². The fourth-order valence-corrected chi connectivity index (χ4v) is 2.91. The highest BCUT2D eigenvalue weighted by Crippen LogP contribution is 2.27. The van der Waals surface area contributed by atoms with E-state index in [0.29, 0.717) is 19.0 Å². The van der Waals surface area contributed by atoms with Crippen LogP contribution >= 0.6 is 0 Å². The summed E-state index contributed by atoms with van der Waals surface area (Å²) in [6, 6.07) is 2.05. The predicted molar refractivity (Wildman–Crippen MR) is 108 cm³/mol. The molecule has 0 bridgehead atoms. The van der Waals surface area contributed by atoms with Gasteiger partial charge in [-0.2, -0.15) is 0 Å². The second-order valence-electron chi connectivity index (χ2n) is 6.17. The molecule has 134 valence electrons. The van der Waals surface area contributed by atoms with E-state index in [4.69, 9.17) is 14.7 Å². The summed E-state index contributed by atoms with van der Waals surface area (Å²) in [5.74, 6) is 1.47. The summed E-state index contributed by atoms with van der Waals surface area (Å²) in [5, 5.41) is 0. The predicted octanol–water partition coefficient (Wildman–Crippen LogP) is 4.04. The Bertz CT molecular complexity index is 892. The third-order valence-electron chi connectivity index (χ3n) is 4.31. The average Bonchev–Trinajstić information content (AvgIpc) is 2.67. The maximum atomic E-state index is 5.48.